The first-order valence-electron chi connectivity index (χ1n) is 5.81. The van der Waals surface area contributed by atoms with Crippen molar-refractivity contribution in [3.63, 3.8) is 0 Å². The Morgan fingerprint density at radius 2 is 2.10 bits per heavy atom. The number of carbonyl (C=O) groups excluding carboxylic acids is 2. The molecule has 0 unspecified atom stereocenters. The summed E-state index contributed by atoms with van der Waals surface area (Å²) in [6.45, 7) is 0.443. The molecule has 0 bridgehead atoms. The fraction of sp³-hybridized carbons (Fsp3) is 0.308. The zero-order valence-corrected chi connectivity index (χ0v) is 12.4. The highest BCUT2D eigenvalue weighted by atomic mass is 32.2. The topological polar surface area (TPSA) is 71.0 Å². The van der Waals surface area contributed by atoms with Crippen LogP contribution in [0.2, 0.25) is 0 Å². The molecule has 0 saturated carbocycles. The van der Waals surface area contributed by atoms with Crippen LogP contribution in [0.4, 0.5) is 4.79 Å². The second-order valence-electron chi connectivity index (χ2n) is 3.88. The quantitative estimate of drug-likeness (QED) is 0.521. The number of hydrogen-bond donors (Lipinski definition) is 1. The molecule has 0 aliphatic carbocycles. The first kappa shape index (κ1) is 16.0. The molecule has 0 aliphatic heterocycles. The van der Waals surface area contributed by atoms with Crippen molar-refractivity contribution < 1.29 is 14.3 Å². The van der Waals surface area contributed by atoms with E-state index in [2.05, 4.69) is 10.3 Å². The fourth-order valence-electron chi connectivity index (χ4n) is 1.45. The summed E-state index contributed by atoms with van der Waals surface area (Å²) in [6.07, 6.45) is 2.13. The van der Waals surface area contributed by atoms with Crippen molar-refractivity contribution in [1.29, 1.82) is 0 Å². The largest absolute Gasteiger partial charge is 0.497 e. The number of amides is 3. The van der Waals surface area contributed by atoms with Crippen molar-refractivity contribution in [3.8, 4) is 5.75 Å². The van der Waals surface area contributed by atoms with Gasteiger partial charge in [0.2, 0.25) is 6.41 Å². The predicted octanol–water partition coefficient (Wildman–Crippen LogP) is 1.71. The van der Waals surface area contributed by atoms with Gasteiger partial charge in [-0.2, -0.15) is 4.99 Å². The molecule has 0 heterocycles. The first-order valence-corrected chi connectivity index (χ1v) is 7.03. The lowest BCUT2D eigenvalue weighted by Crippen LogP contribution is -2.39. The number of hydrogen-bond acceptors (Lipinski definition) is 4. The van der Waals surface area contributed by atoms with Crippen LogP contribution in [0, 0.1) is 0 Å². The van der Waals surface area contributed by atoms with Gasteiger partial charge in [-0.15, -0.1) is 0 Å². The summed E-state index contributed by atoms with van der Waals surface area (Å²) in [4.78, 5) is 27.2. The Hall–Kier alpha value is -2.02. The molecule has 0 spiro atoms. The number of ether oxygens (including phenoxy) is 1. The van der Waals surface area contributed by atoms with E-state index in [-0.39, 0.29) is 11.2 Å². The van der Waals surface area contributed by atoms with Crippen LogP contribution in [0.25, 0.3) is 0 Å². The van der Waals surface area contributed by atoms with Crippen molar-refractivity contribution >= 4 is 29.4 Å². The Bertz CT molecular complexity index is 488. The van der Waals surface area contributed by atoms with Gasteiger partial charge < -0.3 is 9.64 Å². The summed E-state index contributed by atoms with van der Waals surface area (Å²) in [7, 11) is 3.27. The first-order chi connectivity index (χ1) is 9.60. The van der Waals surface area contributed by atoms with E-state index < -0.39 is 0 Å². The zero-order valence-electron chi connectivity index (χ0n) is 11.6. The van der Waals surface area contributed by atoms with Crippen LogP contribution in [0.15, 0.2) is 29.3 Å². The van der Waals surface area contributed by atoms with E-state index in [4.69, 9.17) is 4.74 Å². The molecule has 0 radical (unpaired) electrons. The summed E-state index contributed by atoms with van der Waals surface area (Å²) < 4.78 is 5.07. The second-order valence-corrected chi connectivity index (χ2v) is 4.67. The standard InChI is InChI=1S/C13H17N3O3S/c1-16(13(18)15-12(20-3)14-9-17)8-10-4-6-11(19-2)7-5-10/h4-7,9H,8H2,1-3H3,(H,14,15,17,18). The van der Waals surface area contributed by atoms with Gasteiger partial charge >= 0.3 is 6.03 Å². The summed E-state index contributed by atoms with van der Waals surface area (Å²) in [5.74, 6) is 0.767. The van der Waals surface area contributed by atoms with Gasteiger partial charge in [-0.3, -0.25) is 10.1 Å². The maximum absolute atomic E-state index is 11.9. The molecule has 108 valence electrons. The summed E-state index contributed by atoms with van der Waals surface area (Å²) in [5.41, 5.74) is 0.974. The van der Waals surface area contributed by atoms with Gasteiger partial charge in [0.05, 0.1) is 7.11 Å². The van der Waals surface area contributed by atoms with Crippen LogP contribution in [-0.4, -0.2) is 42.9 Å². The monoisotopic (exact) mass is 295 g/mol. The molecule has 0 atom stereocenters. The molecule has 1 aromatic carbocycles. The van der Waals surface area contributed by atoms with Crippen molar-refractivity contribution in [3.05, 3.63) is 29.8 Å². The predicted molar refractivity (Wildman–Crippen MR) is 80.0 cm³/mol. The van der Waals surface area contributed by atoms with E-state index in [1.165, 1.54) is 16.7 Å². The maximum Gasteiger partial charge on any atom is 0.323 e. The molecule has 7 heteroatoms. The van der Waals surface area contributed by atoms with Crippen LogP contribution in [0.5, 0.6) is 5.75 Å². The van der Waals surface area contributed by atoms with Gasteiger partial charge in [0.25, 0.3) is 0 Å². The number of nitrogens with one attached hydrogen (secondary N) is 1. The van der Waals surface area contributed by atoms with E-state index in [9.17, 15) is 9.59 Å². The smallest absolute Gasteiger partial charge is 0.323 e. The average molecular weight is 295 g/mol. The molecule has 20 heavy (non-hydrogen) atoms. The van der Waals surface area contributed by atoms with E-state index >= 15 is 0 Å². The van der Waals surface area contributed by atoms with E-state index in [1.807, 2.05) is 24.3 Å². The van der Waals surface area contributed by atoms with E-state index in [0.717, 1.165) is 11.3 Å². The molecule has 3 amide bonds. The lowest BCUT2D eigenvalue weighted by molar-refractivity contribution is -0.106. The van der Waals surface area contributed by atoms with Crippen LogP contribution >= 0.6 is 11.8 Å². The number of benzene rings is 1. The third-order valence-electron chi connectivity index (χ3n) is 2.50. The SMILES string of the molecule is COc1ccc(CN(C)C(=O)NC(=NC=O)SC)cc1. The minimum absolute atomic E-state index is 0.270. The molecule has 1 N–H and O–H groups in total. The molecule has 1 rings (SSSR count). The molecular weight excluding hydrogens is 278 g/mol. The summed E-state index contributed by atoms with van der Waals surface area (Å²) in [5, 5.41) is 2.82. The Morgan fingerprint density at radius 3 is 2.60 bits per heavy atom. The number of aliphatic imine (C=N–C) groups is 1. The Morgan fingerprint density at radius 1 is 1.45 bits per heavy atom. The van der Waals surface area contributed by atoms with Crippen LogP contribution in [-0.2, 0) is 11.3 Å². The molecule has 1 aromatic rings. The van der Waals surface area contributed by atoms with E-state index in [1.54, 1.807) is 20.4 Å². The van der Waals surface area contributed by atoms with Crippen molar-refractivity contribution in [1.82, 2.24) is 10.2 Å². The number of thioether (sulfide) groups is 1. The van der Waals surface area contributed by atoms with Crippen LogP contribution in [0.1, 0.15) is 5.56 Å². The van der Waals surface area contributed by atoms with Crippen molar-refractivity contribution in [2.75, 3.05) is 20.4 Å². The number of methoxy groups -OCH3 is 1. The molecular formula is C13H17N3O3S. The van der Waals surface area contributed by atoms with Gasteiger partial charge in [0.1, 0.15) is 5.75 Å². The molecule has 0 aromatic heterocycles. The number of rotatable bonds is 4. The van der Waals surface area contributed by atoms with Crippen LogP contribution in [0.3, 0.4) is 0 Å². The normalized spacial score (nSPS) is 10.8. The highest BCUT2D eigenvalue weighted by molar-refractivity contribution is 8.13. The van der Waals surface area contributed by atoms with E-state index in [0.29, 0.717) is 13.0 Å². The zero-order chi connectivity index (χ0) is 15.0. The lowest BCUT2D eigenvalue weighted by atomic mass is 10.2. The highest BCUT2D eigenvalue weighted by Gasteiger charge is 2.11. The lowest BCUT2D eigenvalue weighted by Gasteiger charge is -2.18. The number of urea groups is 1. The summed E-state index contributed by atoms with van der Waals surface area (Å²) >= 11 is 1.20. The second kappa shape index (κ2) is 8.21. The van der Waals surface area contributed by atoms with Gasteiger partial charge in [-0.25, -0.2) is 4.79 Å². The Balaban J connectivity index is 2.60. The molecule has 6 nitrogen and oxygen atoms in total. The van der Waals surface area contributed by atoms with Gasteiger partial charge in [-0.05, 0) is 24.0 Å². The van der Waals surface area contributed by atoms with Crippen LogP contribution < -0.4 is 10.1 Å². The third-order valence-corrected chi connectivity index (χ3v) is 3.10. The summed E-state index contributed by atoms with van der Waals surface area (Å²) in [6, 6.07) is 7.12. The maximum atomic E-state index is 11.9. The van der Waals surface area contributed by atoms with Crippen molar-refractivity contribution in [2.24, 2.45) is 4.99 Å². The minimum atomic E-state index is -0.323. The molecule has 0 fully saturated rings. The molecule has 0 aliphatic rings. The number of nitrogens with zero attached hydrogens (tertiary/aromatic N) is 2. The minimum Gasteiger partial charge on any atom is -0.497 e. The van der Waals surface area contributed by atoms with Gasteiger partial charge in [0, 0.05) is 13.6 Å². The number of carbonyl (C=O) groups is 2. The van der Waals surface area contributed by atoms with Gasteiger partial charge in [0.15, 0.2) is 5.17 Å². The Labute approximate surface area is 122 Å². The van der Waals surface area contributed by atoms with Gasteiger partial charge in [-0.1, -0.05) is 23.9 Å². The third kappa shape index (κ3) is 4.93. The highest BCUT2D eigenvalue weighted by Crippen LogP contribution is 2.12. The average Bonchev–Trinajstić information content (AvgIpc) is 2.47. The fourth-order valence-corrected chi connectivity index (χ4v) is 1.79. The Kier molecular flexibility index (Phi) is 6.58. The van der Waals surface area contributed by atoms with Crippen molar-refractivity contribution in [2.45, 2.75) is 6.54 Å². The number of amidine groups is 1. The molecule has 0 saturated heterocycles.